The SMILES string of the molecule is COc1cc(C(=O)N(C)c2ccc(C)cc2OCCCCC(=C=O)N2CCN(C)CC2)ccc1NC(=O)c1cccc2nc(CN)n(C)c12. The highest BCUT2D eigenvalue weighted by Gasteiger charge is 2.22. The van der Waals surface area contributed by atoms with Crippen molar-refractivity contribution in [3.8, 4) is 11.5 Å². The zero-order valence-corrected chi connectivity index (χ0v) is 28.9. The van der Waals surface area contributed by atoms with Crippen LogP contribution in [-0.4, -0.2) is 91.1 Å². The highest BCUT2D eigenvalue weighted by Crippen LogP contribution is 2.32. The second-order valence-electron chi connectivity index (χ2n) is 12.3. The highest BCUT2D eigenvalue weighted by atomic mass is 16.5. The predicted octanol–water partition coefficient (Wildman–Crippen LogP) is 4.39. The maximum Gasteiger partial charge on any atom is 0.258 e. The van der Waals surface area contributed by atoms with Crippen LogP contribution >= 0.6 is 0 Å². The first-order valence-electron chi connectivity index (χ1n) is 16.5. The quantitative estimate of drug-likeness (QED) is 0.157. The minimum absolute atomic E-state index is 0.249. The van der Waals surface area contributed by atoms with Gasteiger partial charge in [-0.2, -0.15) is 0 Å². The number of aromatic nitrogens is 2. The maximum atomic E-state index is 13.7. The van der Waals surface area contributed by atoms with Gasteiger partial charge in [0.25, 0.3) is 11.8 Å². The number of unbranched alkanes of at least 4 members (excludes halogenated alkanes) is 1. The third-order valence-corrected chi connectivity index (χ3v) is 8.96. The Hall–Kier alpha value is -5.16. The molecule has 0 atom stereocenters. The van der Waals surface area contributed by atoms with Gasteiger partial charge in [-0.15, -0.1) is 0 Å². The Morgan fingerprint density at radius 2 is 1.80 bits per heavy atom. The average Bonchev–Trinajstić information content (AvgIpc) is 3.45. The first-order chi connectivity index (χ1) is 23.6. The largest absolute Gasteiger partial charge is 0.495 e. The number of methoxy groups -OCH3 is 1. The van der Waals surface area contributed by atoms with Crippen LogP contribution in [0.1, 0.15) is 51.4 Å². The topological polar surface area (TPSA) is 135 Å². The molecule has 2 heterocycles. The van der Waals surface area contributed by atoms with Gasteiger partial charge in [0.2, 0.25) is 0 Å². The summed E-state index contributed by atoms with van der Waals surface area (Å²) in [6.07, 6.45) is 2.20. The Morgan fingerprint density at radius 1 is 1.02 bits per heavy atom. The summed E-state index contributed by atoms with van der Waals surface area (Å²) in [5, 5.41) is 2.92. The minimum Gasteiger partial charge on any atom is -0.495 e. The van der Waals surface area contributed by atoms with Crippen molar-refractivity contribution < 1.29 is 23.9 Å². The third kappa shape index (κ3) is 7.94. The molecule has 2 amide bonds. The zero-order valence-electron chi connectivity index (χ0n) is 28.9. The van der Waals surface area contributed by atoms with E-state index in [4.69, 9.17) is 15.2 Å². The lowest BCUT2D eigenvalue weighted by Gasteiger charge is -2.34. The number of nitrogens with two attached hydrogens (primary N) is 1. The number of rotatable bonds is 13. The molecule has 0 saturated carbocycles. The number of likely N-dealkylation sites (N-methyl/N-ethyl adjacent to an activating group) is 1. The molecular weight excluding hydrogens is 622 g/mol. The average molecular weight is 668 g/mol. The van der Waals surface area contributed by atoms with E-state index in [1.807, 2.05) is 42.8 Å². The number of benzene rings is 3. The van der Waals surface area contributed by atoms with Crippen LogP contribution in [0.4, 0.5) is 11.4 Å². The summed E-state index contributed by atoms with van der Waals surface area (Å²) in [4.78, 5) is 49.2. The standard InChI is InChI=1S/C37H45N7O5/c1-25-12-15-31(33(21-25)49-20-7-6-9-27(24-45)44-18-16-41(2)17-19-44)42(3)37(47)26-13-14-29(32(22-26)48-5)40-36(46)28-10-8-11-30-35(28)43(4)34(23-38)39-30/h8,10-15,21-22H,6-7,9,16-20,23,38H2,1-5H3,(H,40,46). The van der Waals surface area contributed by atoms with E-state index in [1.54, 1.807) is 42.3 Å². The van der Waals surface area contributed by atoms with Gasteiger partial charge < -0.3 is 39.8 Å². The molecule has 1 aliphatic heterocycles. The predicted molar refractivity (Wildman–Crippen MR) is 191 cm³/mol. The van der Waals surface area contributed by atoms with Crippen LogP contribution in [0.5, 0.6) is 11.5 Å². The van der Waals surface area contributed by atoms with Crippen molar-refractivity contribution >= 4 is 40.2 Å². The molecule has 12 nitrogen and oxygen atoms in total. The number of carbonyl (C=O) groups is 2. The molecule has 0 bridgehead atoms. The van der Waals surface area contributed by atoms with Crippen molar-refractivity contribution in [1.82, 2.24) is 19.4 Å². The third-order valence-electron chi connectivity index (χ3n) is 8.96. The van der Waals surface area contributed by atoms with Crippen LogP contribution in [0.15, 0.2) is 60.3 Å². The summed E-state index contributed by atoms with van der Waals surface area (Å²) >= 11 is 0. The van der Waals surface area contributed by atoms with E-state index in [0.717, 1.165) is 50.3 Å². The lowest BCUT2D eigenvalue weighted by Crippen LogP contribution is -2.44. The number of aryl methyl sites for hydroxylation is 2. The van der Waals surface area contributed by atoms with Gasteiger partial charge in [0.1, 0.15) is 23.3 Å². The van der Waals surface area contributed by atoms with Gasteiger partial charge in [-0.05, 0) is 81.3 Å². The number of anilines is 2. The van der Waals surface area contributed by atoms with Crippen molar-refractivity contribution in [2.45, 2.75) is 32.7 Å². The number of fused-ring (bicyclic) bond motifs is 1. The number of nitrogens with one attached hydrogen (secondary N) is 1. The number of allylic oxidation sites excluding steroid dienone is 1. The van der Waals surface area contributed by atoms with Crippen molar-refractivity contribution in [3.05, 3.63) is 82.8 Å². The fourth-order valence-electron chi connectivity index (χ4n) is 6.04. The summed E-state index contributed by atoms with van der Waals surface area (Å²) in [7, 11) is 7.10. The second-order valence-corrected chi connectivity index (χ2v) is 12.3. The molecule has 1 fully saturated rings. The Bertz CT molecular complexity index is 1870. The van der Waals surface area contributed by atoms with Gasteiger partial charge in [0, 0.05) is 45.8 Å². The molecule has 3 N–H and O–H groups in total. The van der Waals surface area contributed by atoms with Crippen molar-refractivity contribution in [2.75, 3.05) is 64.2 Å². The lowest BCUT2D eigenvalue weighted by atomic mass is 10.1. The summed E-state index contributed by atoms with van der Waals surface area (Å²) in [5.41, 5.74) is 10.8. The summed E-state index contributed by atoms with van der Waals surface area (Å²) in [5.74, 6) is 3.14. The minimum atomic E-state index is -0.342. The Labute approximate surface area is 287 Å². The van der Waals surface area contributed by atoms with Gasteiger partial charge in [0.05, 0.1) is 53.9 Å². The molecule has 258 valence electrons. The van der Waals surface area contributed by atoms with Crippen LogP contribution in [0, 0.1) is 6.92 Å². The summed E-state index contributed by atoms with van der Waals surface area (Å²) in [6, 6.07) is 16.0. The number of piperazine rings is 1. The van der Waals surface area contributed by atoms with Gasteiger partial charge in [0.15, 0.2) is 0 Å². The molecule has 0 spiro atoms. The van der Waals surface area contributed by atoms with Gasteiger partial charge in [-0.25, -0.2) is 9.78 Å². The number of nitrogens with zero attached hydrogens (tertiary/aromatic N) is 5. The lowest BCUT2D eigenvalue weighted by molar-refractivity contribution is 0.0990. The fraction of sp³-hybridized carbons (Fsp3) is 0.378. The molecule has 0 radical (unpaired) electrons. The van der Waals surface area contributed by atoms with Crippen LogP contribution in [0.25, 0.3) is 11.0 Å². The second kappa shape index (κ2) is 15.8. The number of para-hydroxylation sites is 1. The van der Waals surface area contributed by atoms with Crippen molar-refractivity contribution in [2.24, 2.45) is 12.8 Å². The molecular formula is C37H45N7O5. The van der Waals surface area contributed by atoms with E-state index in [9.17, 15) is 14.4 Å². The van der Waals surface area contributed by atoms with E-state index in [1.165, 1.54) is 7.11 Å². The molecule has 1 saturated heterocycles. The van der Waals surface area contributed by atoms with Crippen molar-refractivity contribution in [3.63, 3.8) is 0 Å². The number of hydrogen-bond acceptors (Lipinski definition) is 9. The monoisotopic (exact) mass is 667 g/mol. The molecule has 12 heteroatoms. The Kier molecular flexibility index (Phi) is 11.4. The zero-order chi connectivity index (χ0) is 35.1. The van der Waals surface area contributed by atoms with E-state index in [0.29, 0.717) is 63.9 Å². The maximum absolute atomic E-state index is 13.7. The molecule has 0 aliphatic carbocycles. The number of ether oxygens (including phenoxy) is 2. The number of imidazole rings is 1. The summed E-state index contributed by atoms with van der Waals surface area (Å²) < 4.78 is 13.6. The van der Waals surface area contributed by atoms with Crippen LogP contribution in [0.3, 0.4) is 0 Å². The Morgan fingerprint density at radius 3 is 2.51 bits per heavy atom. The van der Waals surface area contributed by atoms with Gasteiger partial charge in [-0.3, -0.25) is 9.59 Å². The molecule has 1 aliphatic rings. The molecule has 49 heavy (non-hydrogen) atoms. The van der Waals surface area contributed by atoms with Crippen LogP contribution in [0.2, 0.25) is 0 Å². The first kappa shape index (κ1) is 35.2. The number of hydrogen-bond donors (Lipinski definition) is 2. The van der Waals surface area contributed by atoms with E-state index in [2.05, 4.69) is 33.1 Å². The molecule has 0 unspecified atom stereocenters. The molecule has 5 rings (SSSR count). The first-order valence-corrected chi connectivity index (χ1v) is 16.5. The van der Waals surface area contributed by atoms with Crippen LogP contribution < -0.4 is 25.4 Å². The molecule has 4 aromatic rings. The van der Waals surface area contributed by atoms with Gasteiger partial charge >= 0.3 is 0 Å². The fourth-order valence-corrected chi connectivity index (χ4v) is 6.04. The number of carbonyl (C=O) groups excluding carboxylic acids is 3. The normalized spacial score (nSPS) is 13.2. The number of amides is 2. The van der Waals surface area contributed by atoms with Crippen LogP contribution in [-0.2, 0) is 18.4 Å². The van der Waals surface area contributed by atoms with E-state index in [-0.39, 0.29) is 18.4 Å². The van der Waals surface area contributed by atoms with Gasteiger partial charge in [-0.1, -0.05) is 12.1 Å². The summed E-state index contributed by atoms with van der Waals surface area (Å²) in [6.45, 7) is 6.21. The van der Waals surface area contributed by atoms with E-state index < -0.39 is 0 Å². The molecule has 1 aromatic heterocycles. The highest BCUT2D eigenvalue weighted by molar-refractivity contribution is 6.13. The smallest absolute Gasteiger partial charge is 0.258 e. The Balaban J connectivity index is 1.24. The van der Waals surface area contributed by atoms with E-state index >= 15 is 0 Å². The van der Waals surface area contributed by atoms with Crippen molar-refractivity contribution in [1.29, 1.82) is 0 Å². The molecule has 3 aromatic carbocycles.